The molecule has 5 heteroatoms. The van der Waals surface area contributed by atoms with Crippen molar-refractivity contribution in [3.8, 4) is 6.07 Å². The minimum absolute atomic E-state index is 0. The first-order valence-electron chi connectivity index (χ1n) is 4.32. The molecule has 0 unspecified atom stereocenters. The predicted octanol–water partition coefficient (Wildman–Crippen LogP) is -0.394. The minimum atomic E-state index is -0.290. The van der Waals surface area contributed by atoms with Crippen LogP contribution in [-0.4, -0.2) is 49.8 Å². The molecule has 0 saturated carbocycles. The highest BCUT2D eigenvalue weighted by Crippen LogP contribution is 2.24. The zero-order valence-electron chi connectivity index (χ0n) is 7.45. The van der Waals surface area contributed by atoms with Gasteiger partial charge in [-0.15, -0.1) is 12.4 Å². The van der Waals surface area contributed by atoms with Crippen molar-refractivity contribution < 1.29 is 4.74 Å². The van der Waals surface area contributed by atoms with E-state index in [0.717, 1.165) is 26.2 Å². The summed E-state index contributed by atoms with van der Waals surface area (Å²) in [6, 6.07) is 2.36. The molecule has 2 saturated heterocycles. The summed E-state index contributed by atoms with van der Waals surface area (Å²) in [7, 11) is 0. The maximum absolute atomic E-state index is 9.00. The van der Waals surface area contributed by atoms with E-state index in [4.69, 9.17) is 10.00 Å². The first-order valence-corrected chi connectivity index (χ1v) is 4.32. The first-order chi connectivity index (χ1) is 5.87. The summed E-state index contributed by atoms with van der Waals surface area (Å²) in [5.41, 5.74) is -0.290. The largest absolute Gasteiger partial charge is 0.375 e. The topological polar surface area (TPSA) is 48.3 Å². The van der Waals surface area contributed by atoms with Crippen molar-refractivity contribution in [3.63, 3.8) is 0 Å². The highest BCUT2D eigenvalue weighted by atomic mass is 35.5. The summed E-state index contributed by atoms with van der Waals surface area (Å²) >= 11 is 0. The molecule has 2 heterocycles. The molecule has 0 amide bonds. The van der Waals surface area contributed by atoms with E-state index in [9.17, 15) is 0 Å². The van der Waals surface area contributed by atoms with Crippen LogP contribution >= 0.6 is 12.4 Å². The molecule has 0 aromatic carbocycles. The highest BCUT2D eigenvalue weighted by molar-refractivity contribution is 5.85. The molecule has 2 aliphatic rings. The molecule has 0 aromatic heterocycles. The van der Waals surface area contributed by atoms with Gasteiger partial charge in [-0.05, 0) is 0 Å². The van der Waals surface area contributed by atoms with Gasteiger partial charge in [-0.3, -0.25) is 4.90 Å². The van der Waals surface area contributed by atoms with Crippen LogP contribution in [-0.2, 0) is 4.74 Å². The van der Waals surface area contributed by atoms with Gasteiger partial charge in [-0.25, -0.2) is 0 Å². The molecule has 2 rings (SSSR count). The minimum Gasteiger partial charge on any atom is -0.375 e. The predicted molar refractivity (Wildman–Crippen MR) is 50.9 cm³/mol. The van der Waals surface area contributed by atoms with Crippen molar-refractivity contribution in [1.29, 1.82) is 5.26 Å². The van der Waals surface area contributed by atoms with Gasteiger partial charge in [-0.1, -0.05) is 0 Å². The number of ether oxygens (including phenoxy) is 1. The third-order valence-corrected chi connectivity index (χ3v) is 2.61. The number of nitrogens with zero attached hydrogens (tertiary/aromatic N) is 2. The van der Waals surface area contributed by atoms with Crippen LogP contribution in [0.2, 0.25) is 0 Å². The van der Waals surface area contributed by atoms with E-state index in [1.54, 1.807) is 0 Å². The molecule has 0 bridgehead atoms. The third-order valence-electron chi connectivity index (χ3n) is 2.61. The number of rotatable bonds is 1. The van der Waals surface area contributed by atoms with E-state index >= 15 is 0 Å². The summed E-state index contributed by atoms with van der Waals surface area (Å²) in [5, 5.41) is 12.3. The molecule has 0 atom stereocenters. The average Bonchev–Trinajstić information content (AvgIpc) is 2.05. The van der Waals surface area contributed by atoms with E-state index < -0.39 is 0 Å². The second kappa shape index (κ2) is 4.25. The fourth-order valence-electron chi connectivity index (χ4n) is 1.71. The van der Waals surface area contributed by atoms with Crippen LogP contribution in [0.1, 0.15) is 0 Å². The quantitative estimate of drug-likeness (QED) is 0.631. The molecular weight excluding hydrogens is 190 g/mol. The molecule has 74 valence electrons. The van der Waals surface area contributed by atoms with Gasteiger partial charge in [0.05, 0.1) is 19.3 Å². The smallest absolute Gasteiger partial charge is 0.156 e. The molecule has 2 aliphatic heterocycles. The first kappa shape index (κ1) is 10.7. The van der Waals surface area contributed by atoms with Gasteiger partial charge in [0.1, 0.15) is 0 Å². The van der Waals surface area contributed by atoms with Crippen LogP contribution in [0.25, 0.3) is 0 Å². The Labute approximate surface area is 84.3 Å². The van der Waals surface area contributed by atoms with Crippen LogP contribution in [0.3, 0.4) is 0 Å². The lowest BCUT2D eigenvalue weighted by molar-refractivity contribution is -0.111. The lowest BCUT2D eigenvalue weighted by atomic mass is 9.96. The van der Waals surface area contributed by atoms with Gasteiger partial charge in [0, 0.05) is 26.2 Å². The van der Waals surface area contributed by atoms with Crippen molar-refractivity contribution in [2.75, 3.05) is 39.4 Å². The van der Waals surface area contributed by atoms with Crippen LogP contribution in [0.15, 0.2) is 0 Å². The standard InChI is InChI=1S/C8H13N3O.ClH/c9-5-8(6-12-7-8)11-3-1-10-2-4-11;/h10H,1-4,6-7H2;1H. The van der Waals surface area contributed by atoms with E-state index in [1.807, 2.05) is 0 Å². The Hall–Kier alpha value is -0.340. The maximum Gasteiger partial charge on any atom is 0.156 e. The third kappa shape index (κ3) is 1.79. The van der Waals surface area contributed by atoms with E-state index in [1.165, 1.54) is 0 Å². The summed E-state index contributed by atoms with van der Waals surface area (Å²) in [5.74, 6) is 0. The maximum atomic E-state index is 9.00. The van der Waals surface area contributed by atoms with E-state index in [-0.39, 0.29) is 17.9 Å². The van der Waals surface area contributed by atoms with Crippen molar-refractivity contribution in [1.82, 2.24) is 10.2 Å². The molecule has 1 N–H and O–H groups in total. The Bertz CT molecular complexity index is 206. The fraction of sp³-hybridized carbons (Fsp3) is 0.875. The Morgan fingerprint density at radius 2 is 1.92 bits per heavy atom. The molecule has 0 aliphatic carbocycles. The summed E-state index contributed by atoms with van der Waals surface area (Å²) < 4.78 is 5.10. The van der Waals surface area contributed by atoms with Gasteiger partial charge < -0.3 is 10.1 Å². The molecular formula is C8H14ClN3O. The number of hydrogen-bond donors (Lipinski definition) is 1. The lowest BCUT2D eigenvalue weighted by Gasteiger charge is -2.46. The molecule has 2 fully saturated rings. The number of halogens is 1. The Kier molecular flexibility index (Phi) is 3.51. The van der Waals surface area contributed by atoms with Gasteiger partial charge in [0.15, 0.2) is 5.54 Å². The van der Waals surface area contributed by atoms with Gasteiger partial charge in [0.25, 0.3) is 0 Å². The normalized spacial score (nSPS) is 26.7. The van der Waals surface area contributed by atoms with Crippen molar-refractivity contribution in [2.45, 2.75) is 5.54 Å². The van der Waals surface area contributed by atoms with Crippen LogP contribution in [0.4, 0.5) is 0 Å². The SMILES string of the molecule is Cl.N#CC1(N2CCNCC2)COC1. The highest BCUT2D eigenvalue weighted by Gasteiger charge is 2.44. The van der Waals surface area contributed by atoms with Crippen molar-refractivity contribution in [3.05, 3.63) is 0 Å². The van der Waals surface area contributed by atoms with Crippen molar-refractivity contribution >= 4 is 12.4 Å². The van der Waals surface area contributed by atoms with Gasteiger partial charge >= 0.3 is 0 Å². The zero-order chi connectivity index (χ0) is 8.44. The molecule has 0 spiro atoms. The van der Waals surface area contributed by atoms with Crippen molar-refractivity contribution in [2.24, 2.45) is 0 Å². The Morgan fingerprint density at radius 1 is 1.31 bits per heavy atom. The number of nitrogens with one attached hydrogen (secondary N) is 1. The number of nitriles is 1. The monoisotopic (exact) mass is 203 g/mol. The van der Waals surface area contributed by atoms with Gasteiger partial charge in [-0.2, -0.15) is 5.26 Å². The van der Waals surface area contributed by atoms with E-state index in [2.05, 4.69) is 16.3 Å². The molecule has 13 heavy (non-hydrogen) atoms. The fourth-order valence-corrected chi connectivity index (χ4v) is 1.71. The van der Waals surface area contributed by atoms with Crippen LogP contribution in [0.5, 0.6) is 0 Å². The van der Waals surface area contributed by atoms with Crippen LogP contribution in [0, 0.1) is 11.3 Å². The Morgan fingerprint density at radius 3 is 2.31 bits per heavy atom. The summed E-state index contributed by atoms with van der Waals surface area (Å²) in [6.07, 6.45) is 0. The molecule has 4 nitrogen and oxygen atoms in total. The summed E-state index contributed by atoms with van der Waals surface area (Å²) in [4.78, 5) is 2.23. The summed E-state index contributed by atoms with van der Waals surface area (Å²) in [6.45, 7) is 5.09. The van der Waals surface area contributed by atoms with Crippen LogP contribution < -0.4 is 5.32 Å². The second-order valence-corrected chi connectivity index (χ2v) is 3.37. The molecule has 0 radical (unpaired) electrons. The van der Waals surface area contributed by atoms with Gasteiger partial charge in [0.2, 0.25) is 0 Å². The lowest BCUT2D eigenvalue weighted by Crippen LogP contribution is -2.65. The zero-order valence-corrected chi connectivity index (χ0v) is 8.27. The molecule has 0 aromatic rings. The van der Waals surface area contributed by atoms with E-state index in [0.29, 0.717) is 13.2 Å². The second-order valence-electron chi connectivity index (χ2n) is 3.37. The number of hydrogen-bond acceptors (Lipinski definition) is 4. The number of piperazine rings is 1. The Balaban J connectivity index is 0.000000845. The average molecular weight is 204 g/mol.